The number of Topliss-reactive ketones (excluding diaryl/α,β-unsaturated/α-hetero) is 1. The first-order chi connectivity index (χ1) is 15.2. The summed E-state index contributed by atoms with van der Waals surface area (Å²) in [6.07, 6.45) is 3.29. The number of aromatic hydroxyl groups is 1. The van der Waals surface area contributed by atoms with Crippen LogP contribution in [0, 0.1) is 17.8 Å². The van der Waals surface area contributed by atoms with Crippen LogP contribution in [0.15, 0.2) is 57.6 Å². The van der Waals surface area contributed by atoms with Gasteiger partial charge in [-0.05, 0) is 40.8 Å². The minimum atomic E-state index is -1.13. The van der Waals surface area contributed by atoms with Gasteiger partial charge in [0.2, 0.25) is 11.8 Å². The van der Waals surface area contributed by atoms with Crippen molar-refractivity contribution in [2.45, 2.75) is 18.8 Å². The quantitative estimate of drug-likeness (QED) is 0.347. The van der Waals surface area contributed by atoms with Gasteiger partial charge in [0.15, 0.2) is 11.6 Å². The van der Waals surface area contributed by atoms with Gasteiger partial charge in [0.1, 0.15) is 5.75 Å². The molecule has 0 saturated carbocycles. The van der Waals surface area contributed by atoms with E-state index in [1.807, 2.05) is 0 Å². The predicted octanol–water partition coefficient (Wildman–Crippen LogP) is 2.23. The molecular weight excluding hydrogens is 480 g/mol. The predicted molar refractivity (Wildman–Crippen MR) is 114 cm³/mol. The minimum absolute atomic E-state index is 0.0468. The molecule has 4 atom stereocenters. The van der Waals surface area contributed by atoms with E-state index in [1.54, 1.807) is 24.3 Å². The van der Waals surface area contributed by atoms with Crippen LogP contribution in [-0.2, 0) is 19.2 Å². The summed E-state index contributed by atoms with van der Waals surface area (Å²) in [5, 5.41) is 10.6. The fraction of sp³-hybridized carbons (Fsp3) is 0.261. The number of halogens is 1. The third kappa shape index (κ3) is 2.70. The van der Waals surface area contributed by atoms with E-state index in [0.29, 0.717) is 16.0 Å². The van der Waals surface area contributed by atoms with Crippen molar-refractivity contribution in [1.29, 1.82) is 0 Å². The second kappa shape index (κ2) is 7.09. The number of imide groups is 3. The number of amides is 4. The van der Waals surface area contributed by atoms with Crippen molar-refractivity contribution in [1.82, 2.24) is 4.90 Å². The summed E-state index contributed by atoms with van der Waals surface area (Å²) in [6.45, 7) is 0. The van der Waals surface area contributed by atoms with E-state index >= 15 is 0 Å². The molecule has 9 heteroatoms. The highest BCUT2D eigenvalue weighted by Gasteiger charge is 2.57. The van der Waals surface area contributed by atoms with E-state index in [0.717, 1.165) is 0 Å². The summed E-state index contributed by atoms with van der Waals surface area (Å²) < 4.78 is 0.115. The number of benzene rings is 1. The van der Waals surface area contributed by atoms with Crippen LogP contribution in [0.4, 0.5) is 4.79 Å². The smallest absolute Gasteiger partial charge is 0.328 e. The largest absolute Gasteiger partial charge is 0.508 e. The maximum absolute atomic E-state index is 13.1. The van der Waals surface area contributed by atoms with Crippen LogP contribution in [0.5, 0.6) is 5.75 Å². The number of phenolic OH excluding ortho intramolecular Hbond substituents is 1. The molecule has 1 aromatic carbocycles. The SMILES string of the molecule is NC(=O)N1C(=O)[C@H]2[C@H](CC=C3[C@H](c4ccccc4O)C4=C(C[C@H]32)C(=O)C(Br)=CC4=O)C1=O. The zero-order valence-corrected chi connectivity index (χ0v) is 18.2. The van der Waals surface area contributed by atoms with Gasteiger partial charge >= 0.3 is 6.03 Å². The number of allylic oxidation sites excluding steroid dienone is 6. The van der Waals surface area contributed by atoms with Gasteiger partial charge in [-0.15, -0.1) is 0 Å². The molecule has 0 aromatic heterocycles. The summed E-state index contributed by atoms with van der Waals surface area (Å²) in [7, 11) is 0. The van der Waals surface area contributed by atoms with Crippen LogP contribution in [0.3, 0.4) is 0 Å². The number of nitrogens with two attached hydrogens (primary N) is 1. The average Bonchev–Trinajstić information content (AvgIpc) is 3.01. The molecule has 3 N–H and O–H groups in total. The maximum atomic E-state index is 13.1. The number of likely N-dealkylation sites (tertiary alicyclic amines) is 1. The summed E-state index contributed by atoms with van der Waals surface area (Å²) in [6, 6.07) is 5.39. The Hall–Kier alpha value is -3.33. The van der Waals surface area contributed by atoms with Crippen molar-refractivity contribution in [2.24, 2.45) is 23.5 Å². The monoisotopic (exact) mass is 496 g/mol. The molecule has 0 radical (unpaired) electrons. The first kappa shape index (κ1) is 20.6. The van der Waals surface area contributed by atoms with Crippen LogP contribution in [0.25, 0.3) is 0 Å². The average molecular weight is 497 g/mol. The summed E-state index contributed by atoms with van der Waals surface area (Å²) in [5.41, 5.74) is 6.92. The first-order valence-electron chi connectivity index (χ1n) is 10.1. The Morgan fingerprint density at radius 3 is 2.50 bits per heavy atom. The van der Waals surface area contributed by atoms with Gasteiger partial charge in [-0.2, -0.15) is 4.90 Å². The molecule has 4 aliphatic rings. The summed E-state index contributed by atoms with van der Waals surface area (Å²) in [5.74, 6) is -5.07. The molecule has 3 aliphatic carbocycles. The van der Waals surface area contributed by atoms with Crippen LogP contribution in [0.1, 0.15) is 24.3 Å². The molecule has 1 aromatic rings. The first-order valence-corrected chi connectivity index (χ1v) is 10.9. The number of carbonyl (C=O) groups excluding carboxylic acids is 5. The van der Waals surface area contributed by atoms with Gasteiger partial charge in [-0.25, -0.2) is 4.79 Å². The number of hydrogen-bond donors (Lipinski definition) is 2. The van der Waals surface area contributed by atoms with E-state index in [2.05, 4.69) is 15.9 Å². The Bertz CT molecular complexity index is 1240. The van der Waals surface area contributed by atoms with Crippen molar-refractivity contribution in [3.8, 4) is 5.75 Å². The molecule has 4 amide bonds. The lowest BCUT2D eigenvalue weighted by molar-refractivity contribution is -0.136. The van der Waals surface area contributed by atoms with Gasteiger partial charge < -0.3 is 10.8 Å². The van der Waals surface area contributed by atoms with Gasteiger partial charge in [-0.3, -0.25) is 19.2 Å². The Morgan fingerprint density at radius 1 is 1.09 bits per heavy atom. The second-order valence-electron chi connectivity index (χ2n) is 8.30. The van der Waals surface area contributed by atoms with Gasteiger partial charge in [-0.1, -0.05) is 29.8 Å². The van der Waals surface area contributed by atoms with E-state index in [-0.39, 0.29) is 45.8 Å². The number of rotatable bonds is 1. The number of primary amides is 1. The maximum Gasteiger partial charge on any atom is 0.328 e. The molecule has 162 valence electrons. The van der Waals surface area contributed by atoms with E-state index in [4.69, 9.17) is 5.73 Å². The number of phenols is 1. The molecule has 32 heavy (non-hydrogen) atoms. The van der Waals surface area contributed by atoms with Crippen molar-refractivity contribution >= 4 is 45.3 Å². The minimum Gasteiger partial charge on any atom is -0.508 e. The number of para-hydroxylation sites is 1. The Morgan fingerprint density at radius 2 is 1.81 bits per heavy atom. The highest BCUT2D eigenvalue weighted by Crippen LogP contribution is 2.56. The third-order valence-corrected chi connectivity index (χ3v) is 7.39. The standard InChI is InChI=1S/C23H17BrN2O6/c24-14-8-16(28)19-13(20(14)29)7-12-9(17(19)10-3-1-2-4-15(10)27)5-6-11-18(12)22(31)26(21(11)30)23(25)32/h1-5,8,11-12,17-18,27H,6-7H2,(H2,25,32)/t11-,12+,17+,18-/m0/s1. The normalized spacial score (nSPS) is 29.3. The number of urea groups is 1. The van der Waals surface area contributed by atoms with E-state index in [9.17, 15) is 29.1 Å². The molecule has 1 fully saturated rings. The number of hydrogen-bond acceptors (Lipinski definition) is 6. The lowest BCUT2D eigenvalue weighted by atomic mass is 9.59. The number of carbonyl (C=O) groups is 5. The van der Waals surface area contributed by atoms with Crippen molar-refractivity contribution < 1.29 is 29.1 Å². The fourth-order valence-electron chi connectivity index (χ4n) is 5.51. The molecule has 1 saturated heterocycles. The van der Waals surface area contributed by atoms with Crippen LogP contribution < -0.4 is 5.73 Å². The van der Waals surface area contributed by atoms with Crippen molar-refractivity contribution in [2.75, 3.05) is 0 Å². The van der Waals surface area contributed by atoms with Gasteiger partial charge in [0.25, 0.3) is 0 Å². The van der Waals surface area contributed by atoms with Crippen molar-refractivity contribution in [3.05, 3.63) is 63.2 Å². The fourth-order valence-corrected chi connectivity index (χ4v) is 5.96. The Kier molecular flexibility index (Phi) is 4.56. The molecule has 1 heterocycles. The lowest BCUT2D eigenvalue weighted by Crippen LogP contribution is -2.42. The lowest BCUT2D eigenvalue weighted by Gasteiger charge is -2.42. The van der Waals surface area contributed by atoms with Crippen LogP contribution in [-0.4, -0.2) is 39.4 Å². The molecule has 0 spiro atoms. The summed E-state index contributed by atoms with van der Waals surface area (Å²) >= 11 is 3.14. The number of ketones is 2. The second-order valence-corrected chi connectivity index (χ2v) is 9.16. The molecule has 0 bridgehead atoms. The van der Waals surface area contributed by atoms with Gasteiger partial charge in [0.05, 0.1) is 16.3 Å². The van der Waals surface area contributed by atoms with E-state index < -0.39 is 41.5 Å². The highest BCUT2D eigenvalue weighted by atomic mass is 79.9. The highest BCUT2D eigenvalue weighted by molar-refractivity contribution is 9.12. The molecule has 0 unspecified atom stereocenters. The zero-order chi connectivity index (χ0) is 22.9. The van der Waals surface area contributed by atoms with Crippen LogP contribution in [0.2, 0.25) is 0 Å². The van der Waals surface area contributed by atoms with E-state index in [1.165, 1.54) is 12.1 Å². The Labute approximate surface area is 190 Å². The third-order valence-electron chi connectivity index (χ3n) is 6.80. The molecule has 5 rings (SSSR count). The zero-order valence-electron chi connectivity index (χ0n) is 16.6. The number of nitrogens with zero attached hydrogens (tertiary/aromatic N) is 1. The number of fused-ring (bicyclic) bond motifs is 3. The van der Waals surface area contributed by atoms with Gasteiger partial charge in [0, 0.05) is 28.7 Å². The van der Waals surface area contributed by atoms with Crippen molar-refractivity contribution in [3.63, 3.8) is 0 Å². The Balaban J connectivity index is 1.71. The molecule has 1 aliphatic heterocycles. The van der Waals surface area contributed by atoms with Crippen LogP contribution >= 0.6 is 15.9 Å². The topological polar surface area (TPSA) is 135 Å². The molecule has 8 nitrogen and oxygen atoms in total. The molecular formula is C23H17BrN2O6. The summed E-state index contributed by atoms with van der Waals surface area (Å²) in [4.78, 5) is 64.0.